The summed E-state index contributed by atoms with van der Waals surface area (Å²) in [6.45, 7) is 8.44. The van der Waals surface area contributed by atoms with E-state index in [-0.39, 0.29) is 43.3 Å². The topological polar surface area (TPSA) is 145 Å². The molecule has 0 spiro atoms. The van der Waals surface area contributed by atoms with E-state index in [2.05, 4.69) is 5.32 Å². The maximum atomic E-state index is 13.8. The van der Waals surface area contributed by atoms with Crippen LogP contribution in [0, 0.1) is 0 Å². The highest BCUT2D eigenvalue weighted by atomic mass is 16.6. The molecule has 11 nitrogen and oxygen atoms in total. The second kappa shape index (κ2) is 13.2. The van der Waals surface area contributed by atoms with E-state index in [1.807, 2.05) is 52.0 Å². The number of nitrogens with zero attached hydrogens (tertiary/aromatic N) is 2. The van der Waals surface area contributed by atoms with Crippen LogP contribution in [0.25, 0.3) is 0 Å². The van der Waals surface area contributed by atoms with Gasteiger partial charge in [-0.05, 0) is 69.4 Å². The first-order valence-corrected chi connectivity index (χ1v) is 16.2. The van der Waals surface area contributed by atoms with Crippen LogP contribution in [0.2, 0.25) is 0 Å². The van der Waals surface area contributed by atoms with Crippen molar-refractivity contribution in [2.24, 2.45) is 10.7 Å². The van der Waals surface area contributed by atoms with Crippen LogP contribution in [0.5, 0.6) is 11.5 Å². The number of rotatable bonds is 12. The largest absolute Gasteiger partial charge is 0.485 e. The van der Waals surface area contributed by atoms with Crippen LogP contribution in [-0.2, 0) is 14.3 Å². The van der Waals surface area contributed by atoms with Gasteiger partial charge < -0.3 is 35.1 Å². The van der Waals surface area contributed by atoms with Gasteiger partial charge >= 0.3 is 0 Å². The lowest BCUT2D eigenvalue weighted by Gasteiger charge is -2.43. The van der Waals surface area contributed by atoms with Crippen molar-refractivity contribution in [3.63, 3.8) is 0 Å². The molecule has 11 heteroatoms. The fourth-order valence-electron chi connectivity index (χ4n) is 7.26. The van der Waals surface area contributed by atoms with Crippen LogP contribution >= 0.6 is 0 Å². The zero-order chi connectivity index (χ0) is 33.3. The van der Waals surface area contributed by atoms with Gasteiger partial charge in [0.15, 0.2) is 11.6 Å². The summed E-state index contributed by atoms with van der Waals surface area (Å²) in [5, 5.41) is 14.1. The first kappa shape index (κ1) is 33.7. The first-order valence-electron chi connectivity index (χ1n) is 16.2. The molecule has 0 aromatic heterocycles. The third-order valence-electron chi connectivity index (χ3n) is 9.84. The van der Waals surface area contributed by atoms with Gasteiger partial charge in [0.05, 0.1) is 25.2 Å². The SMILES string of the molecule is CCC1(CC)CC(=O)N([C@H]2c3cc(C(=O)NCCC[C@@H]4c5ccccc5OC(C)(C)[C@H]4O)ccc3OC2(COC)COC)C(N)=N1. The van der Waals surface area contributed by atoms with E-state index in [9.17, 15) is 14.7 Å². The minimum absolute atomic E-state index is 0.113. The molecule has 0 saturated carbocycles. The average Bonchev–Trinajstić information content (AvgIpc) is 3.32. The number of hydrogen-bond donors (Lipinski definition) is 3. The van der Waals surface area contributed by atoms with Gasteiger partial charge in [-0.25, -0.2) is 4.99 Å². The molecule has 4 N–H and O–H groups in total. The van der Waals surface area contributed by atoms with Crippen molar-refractivity contribution in [1.29, 1.82) is 0 Å². The van der Waals surface area contributed by atoms with E-state index < -0.39 is 28.9 Å². The van der Waals surface area contributed by atoms with Crippen LogP contribution < -0.4 is 20.5 Å². The number of benzene rings is 2. The fraction of sp³-hybridized carbons (Fsp3) is 0.571. The van der Waals surface area contributed by atoms with Crippen LogP contribution in [0.15, 0.2) is 47.5 Å². The molecule has 0 unspecified atom stereocenters. The van der Waals surface area contributed by atoms with Gasteiger partial charge in [-0.3, -0.25) is 14.5 Å². The Morgan fingerprint density at radius 1 is 1.07 bits per heavy atom. The molecular weight excluding hydrogens is 588 g/mol. The van der Waals surface area contributed by atoms with Gasteiger partial charge in [0.25, 0.3) is 5.91 Å². The van der Waals surface area contributed by atoms with Crippen molar-refractivity contribution < 1.29 is 33.6 Å². The van der Waals surface area contributed by atoms with E-state index in [0.717, 1.165) is 11.3 Å². The highest BCUT2D eigenvalue weighted by Gasteiger charge is 2.56. The summed E-state index contributed by atoms with van der Waals surface area (Å²) in [6.07, 6.45) is 2.24. The van der Waals surface area contributed by atoms with Crippen LogP contribution in [0.1, 0.15) is 93.2 Å². The predicted octanol–water partition coefficient (Wildman–Crippen LogP) is 4.08. The second-order valence-electron chi connectivity index (χ2n) is 13.2. The summed E-state index contributed by atoms with van der Waals surface area (Å²) >= 11 is 0. The van der Waals surface area contributed by atoms with E-state index >= 15 is 0 Å². The molecule has 46 heavy (non-hydrogen) atoms. The smallest absolute Gasteiger partial charge is 0.251 e. The molecule has 0 aliphatic carbocycles. The lowest BCUT2D eigenvalue weighted by atomic mass is 9.79. The molecule has 3 atom stereocenters. The van der Waals surface area contributed by atoms with Gasteiger partial charge in [-0.1, -0.05) is 32.0 Å². The third kappa shape index (κ3) is 6.08. The minimum Gasteiger partial charge on any atom is -0.485 e. The zero-order valence-corrected chi connectivity index (χ0v) is 27.8. The number of carbonyl (C=O) groups is 2. The Bertz CT molecular complexity index is 1460. The number of methoxy groups -OCH3 is 2. The maximum Gasteiger partial charge on any atom is 0.251 e. The molecule has 0 saturated heterocycles. The highest BCUT2D eigenvalue weighted by Crippen LogP contribution is 2.49. The number of fused-ring (bicyclic) bond motifs is 2. The lowest BCUT2D eigenvalue weighted by Crippen LogP contribution is -2.60. The summed E-state index contributed by atoms with van der Waals surface area (Å²) in [7, 11) is 3.13. The Balaban J connectivity index is 1.36. The van der Waals surface area contributed by atoms with Gasteiger partial charge in [0, 0.05) is 37.8 Å². The van der Waals surface area contributed by atoms with Crippen molar-refractivity contribution in [2.45, 2.75) is 94.6 Å². The van der Waals surface area contributed by atoms with Crippen LogP contribution in [0.4, 0.5) is 0 Å². The minimum atomic E-state index is -1.11. The molecule has 250 valence electrons. The number of para-hydroxylation sites is 1. The normalized spacial score (nSPS) is 23.9. The Kier molecular flexibility index (Phi) is 9.68. The molecule has 3 heterocycles. The number of aliphatic hydroxyl groups excluding tert-OH is 1. The Morgan fingerprint density at radius 3 is 2.39 bits per heavy atom. The number of nitrogens with one attached hydrogen (secondary N) is 1. The monoisotopic (exact) mass is 636 g/mol. The van der Waals surface area contributed by atoms with E-state index in [1.54, 1.807) is 32.4 Å². The zero-order valence-electron chi connectivity index (χ0n) is 27.8. The second-order valence-corrected chi connectivity index (χ2v) is 13.2. The molecule has 5 rings (SSSR count). The van der Waals surface area contributed by atoms with Gasteiger partial charge in [-0.2, -0.15) is 0 Å². The first-order chi connectivity index (χ1) is 21.9. The summed E-state index contributed by atoms with van der Waals surface area (Å²) in [4.78, 5) is 33.6. The number of ether oxygens (including phenoxy) is 4. The Hall–Kier alpha value is -3.67. The number of hydrogen-bond acceptors (Lipinski definition) is 9. The van der Waals surface area contributed by atoms with Crippen molar-refractivity contribution in [2.75, 3.05) is 34.0 Å². The molecule has 3 aliphatic rings. The number of carbonyl (C=O) groups excluding carboxylic acids is 2. The summed E-state index contributed by atoms with van der Waals surface area (Å²) in [6, 6.07) is 12.3. The molecule has 3 aliphatic heterocycles. The Labute approximate surface area is 271 Å². The molecule has 2 amide bonds. The Morgan fingerprint density at radius 2 is 1.74 bits per heavy atom. The molecule has 0 bridgehead atoms. The van der Waals surface area contributed by atoms with Crippen LogP contribution in [0.3, 0.4) is 0 Å². The van der Waals surface area contributed by atoms with Gasteiger partial charge in [0.1, 0.15) is 29.2 Å². The number of amides is 2. The summed E-state index contributed by atoms with van der Waals surface area (Å²) in [5.74, 6) is 0.893. The van der Waals surface area contributed by atoms with Crippen molar-refractivity contribution in [3.05, 3.63) is 59.2 Å². The van der Waals surface area contributed by atoms with Crippen molar-refractivity contribution >= 4 is 17.8 Å². The van der Waals surface area contributed by atoms with Crippen molar-refractivity contribution in [1.82, 2.24) is 10.2 Å². The number of aliphatic hydroxyl groups is 1. The van der Waals surface area contributed by atoms with Crippen molar-refractivity contribution in [3.8, 4) is 11.5 Å². The third-order valence-corrected chi connectivity index (χ3v) is 9.84. The summed E-state index contributed by atoms with van der Waals surface area (Å²) < 4.78 is 23.7. The number of nitrogens with two attached hydrogens (primary N) is 1. The quantitative estimate of drug-likeness (QED) is 0.296. The summed E-state index contributed by atoms with van der Waals surface area (Å²) in [5.41, 5.74) is 6.22. The maximum absolute atomic E-state index is 13.8. The molecule has 0 radical (unpaired) electrons. The standard InChI is InChI=1S/C35H48N4O7/c1-7-34(8-2)19-28(40)39(32(36)38-34)29-25-18-22(15-16-27(25)46-35(29,20-43-5)21-44-6)31(42)37-17-11-13-24-23-12-9-10-14-26(23)45-33(3,4)30(24)41/h9-10,12,14-16,18,24,29-30,41H,7-8,11,13,17,19-21H2,1-6H3,(H2,36,38)(H,37,42)/t24-,29+,30+/m1/s1. The molecule has 2 aromatic rings. The van der Waals surface area contributed by atoms with Gasteiger partial charge in [0.2, 0.25) is 5.91 Å². The number of guanidine groups is 1. The molecule has 2 aromatic carbocycles. The fourth-order valence-corrected chi connectivity index (χ4v) is 7.26. The molecule has 0 fully saturated rings. The van der Waals surface area contributed by atoms with E-state index in [1.165, 1.54) is 4.90 Å². The van der Waals surface area contributed by atoms with E-state index in [4.69, 9.17) is 29.7 Å². The lowest BCUT2D eigenvalue weighted by molar-refractivity contribution is -0.139. The number of aliphatic imine (C=N–C) groups is 1. The average molecular weight is 637 g/mol. The molecular formula is C35H48N4O7. The predicted molar refractivity (Wildman–Crippen MR) is 174 cm³/mol. The van der Waals surface area contributed by atoms with Crippen LogP contribution in [-0.4, -0.2) is 84.6 Å². The highest BCUT2D eigenvalue weighted by molar-refractivity contribution is 6.00. The van der Waals surface area contributed by atoms with Gasteiger partial charge in [-0.15, -0.1) is 0 Å². The van der Waals surface area contributed by atoms with E-state index in [0.29, 0.717) is 49.1 Å².